The maximum atomic E-state index is 11.9. The van der Waals surface area contributed by atoms with Crippen molar-refractivity contribution in [3.63, 3.8) is 0 Å². The molecular weight excluding hydrogens is 272 g/mol. The van der Waals surface area contributed by atoms with Gasteiger partial charge in [0.15, 0.2) is 17.1 Å². The van der Waals surface area contributed by atoms with Gasteiger partial charge in [-0.1, -0.05) is 0 Å². The number of sulfonamides is 1. The van der Waals surface area contributed by atoms with Crippen LogP contribution in [0.15, 0.2) is 34.6 Å². The molecule has 19 heavy (non-hydrogen) atoms. The largest absolute Gasteiger partial charge is 0.451 e. The van der Waals surface area contributed by atoms with E-state index in [1.165, 1.54) is 12.5 Å². The molecule has 0 aliphatic rings. The molecule has 9 heteroatoms. The Hall–Kier alpha value is -2.16. The van der Waals surface area contributed by atoms with Gasteiger partial charge in [-0.15, -0.1) is 0 Å². The molecule has 2 heterocycles. The zero-order valence-electron chi connectivity index (χ0n) is 10.3. The number of aromatic nitrogens is 3. The highest BCUT2D eigenvalue weighted by Gasteiger charge is 2.22. The first-order valence-electron chi connectivity index (χ1n) is 5.39. The number of hydrogen-bond acceptors (Lipinski definition) is 6. The molecule has 0 fully saturated rings. The normalized spacial score (nSPS) is 11.7. The summed E-state index contributed by atoms with van der Waals surface area (Å²) in [6.07, 6.45) is 4.83. The zero-order chi connectivity index (χ0) is 14.0. The first kappa shape index (κ1) is 13.3. The lowest BCUT2D eigenvalue weighted by atomic mass is 10.4. The number of nitrogens with zero attached hydrogens (tertiary/aromatic N) is 3. The van der Waals surface area contributed by atoms with E-state index in [-0.39, 0.29) is 16.8 Å². The van der Waals surface area contributed by atoms with E-state index in [0.717, 1.165) is 12.7 Å². The molecule has 0 aliphatic heterocycles. The van der Waals surface area contributed by atoms with Crippen LogP contribution in [0.5, 0.6) is 0 Å². The van der Waals surface area contributed by atoms with E-state index in [4.69, 9.17) is 0 Å². The van der Waals surface area contributed by atoms with Gasteiger partial charge in [0, 0.05) is 12.2 Å². The lowest BCUT2D eigenvalue weighted by Gasteiger charge is -2.04. The summed E-state index contributed by atoms with van der Waals surface area (Å²) in [4.78, 5) is 18.9. The van der Waals surface area contributed by atoms with Gasteiger partial charge in [0.25, 0.3) is 15.9 Å². The first-order valence-corrected chi connectivity index (χ1v) is 6.87. The van der Waals surface area contributed by atoms with Crippen LogP contribution in [0.25, 0.3) is 0 Å². The minimum atomic E-state index is -4.01. The summed E-state index contributed by atoms with van der Waals surface area (Å²) in [7, 11) is -4.01. The first-order chi connectivity index (χ1) is 8.90. The van der Waals surface area contributed by atoms with E-state index >= 15 is 0 Å². The highest BCUT2D eigenvalue weighted by molar-refractivity contribution is 7.90. The predicted molar refractivity (Wildman–Crippen MR) is 63.8 cm³/mol. The summed E-state index contributed by atoms with van der Waals surface area (Å²) in [5.74, 6) is -0.868. The van der Waals surface area contributed by atoms with Crippen molar-refractivity contribution in [3.05, 3.63) is 30.9 Å². The molecule has 8 nitrogen and oxygen atoms in total. The predicted octanol–water partition coefficient (Wildman–Crippen LogP) is 0.571. The lowest BCUT2D eigenvalue weighted by molar-refractivity contribution is 0.0976. The van der Waals surface area contributed by atoms with Gasteiger partial charge in [-0.2, -0.15) is 8.42 Å². The van der Waals surface area contributed by atoms with Gasteiger partial charge in [-0.3, -0.25) is 4.79 Å². The van der Waals surface area contributed by atoms with Crippen LogP contribution in [-0.2, 0) is 10.0 Å². The summed E-state index contributed by atoms with van der Waals surface area (Å²) >= 11 is 0. The molecule has 0 aliphatic carbocycles. The Kier molecular flexibility index (Phi) is 3.38. The van der Waals surface area contributed by atoms with Crippen molar-refractivity contribution in [3.8, 4) is 0 Å². The van der Waals surface area contributed by atoms with Gasteiger partial charge >= 0.3 is 0 Å². The maximum absolute atomic E-state index is 11.9. The number of imidazole rings is 1. The number of carbonyl (C=O) groups excluding carboxylic acids is 1. The van der Waals surface area contributed by atoms with Gasteiger partial charge in [-0.05, 0) is 13.8 Å². The van der Waals surface area contributed by atoms with Crippen LogP contribution in [0.2, 0.25) is 0 Å². The van der Waals surface area contributed by atoms with Gasteiger partial charge < -0.3 is 8.98 Å². The van der Waals surface area contributed by atoms with E-state index < -0.39 is 15.9 Å². The number of nitrogens with one attached hydrogen (secondary N) is 1. The Morgan fingerprint density at radius 3 is 2.68 bits per heavy atom. The topological polar surface area (TPSA) is 107 Å². The fourth-order valence-electron chi connectivity index (χ4n) is 1.29. The van der Waals surface area contributed by atoms with Gasteiger partial charge in [0.1, 0.15) is 6.26 Å². The number of oxazole rings is 1. The SMILES string of the molecule is CC(C)n1cnc(S(=O)(=O)NC(=O)c2cocn2)c1. The number of hydrogen-bond donors (Lipinski definition) is 1. The second-order valence-corrected chi connectivity index (χ2v) is 5.69. The second-order valence-electron chi connectivity index (χ2n) is 4.06. The van der Waals surface area contributed by atoms with Crippen LogP contribution < -0.4 is 4.72 Å². The molecule has 0 atom stereocenters. The Morgan fingerprint density at radius 1 is 1.42 bits per heavy atom. The van der Waals surface area contributed by atoms with E-state index in [9.17, 15) is 13.2 Å². The molecule has 2 rings (SSSR count). The molecule has 0 radical (unpaired) electrons. The second kappa shape index (κ2) is 4.84. The summed E-state index contributed by atoms with van der Waals surface area (Å²) < 4.78 is 31.9. The van der Waals surface area contributed by atoms with Crippen LogP contribution in [0.4, 0.5) is 0 Å². The fraction of sp³-hybridized carbons (Fsp3) is 0.300. The molecule has 0 spiro atoms. The minimum absolute atomic E-state index is 0.0719. The Bertz CT molecular complexity index is 672. The molecule has 1 amide bonds. The Labute approximate surface area is 109 Å². The van der Waals surface area contributed by atoms with Crippen LogP contribution in [0.3, 0.4) is 0 Å². The highest BCUT2D eigenvalue weighted by Crippen LogP contribution is 2.10. The molecule has 102 valence electrons. The van der Waals surface area contributed by atoms with Crippen LogP contribution >= 0.6 is 0 Å². The molecule has 0 saturated carbocycles. The van der Waals surface area contributed by atoms with Crippen molar-refractivity contribution in [1.82, 2.24) is 19.3 Å². The Morgan fingerprint density at radius 2 is 2.16 bits per heavy atom. The van der Waals surface area contributed by atoms with E-state index in [1.807, 2.05) is 18.6 Å². The van der Waals surface area contributed by atoms with E-state index in [1.54, 1.807) is 4.57 Å². The molecule has 2 aromatic heterocycles. The monoisotopic (exact) mass is 284 g/mol. The molecule has 0 saturated heterocycles. The molecule has 2 aromatic rings. The maximum Gasteiger partial charge on any atom is 0.286 e. The van der Waals surface area contributed by atoms with Crippen molar-refractivity contribution >= 4 is 15.9 Å². The fourth-order valence-corrected chi connectivity index (χ4v) is 2.19. The molecule has 0 unspecified atom stereocenters. The third-order valence-electron chi connectivity index (χ3n) is 2.34. The molecule has 0 bridgehead atoms. The van der Waals surface area contributed by atoms with Crippen molar-refractivity contribution in [1.29, 1.82) is 0 Å². The van der Waals surface area contributed by atoms with Gasteiger partial charge in [-0.25, -0.2) is 14.7 Å². The zero-order valence-corrected chi connectivity index (χ0v) is 11.1. The molecule has 0 aromatic carbocycles. The average Bonchev–Trinajstić information content (AvgIpc) is 3.00. The number of carbonyl (C=O) groups is 1. The summed E-state index contributed by atoms with van der Waals surface area (Å²) in [6, 6.07) is 0.0719. The third kappa shape index (κ3) is 2.81. The molecular formula is C10H12N4O4S. The third-order valence-corrected chi connectivity index (χ3v) is 3.56. The highest BCUT2D eigenvalue weighted by atomic mass is 32.2. The van der Waals surface area contributed by atoms with Crippen molar-refractivity contribution in [2.24, 2.45) is 0 Å². The standard InChI is InChI=1S/C10H12N4O4S/c1-7(2)14-3-9(11-5-14)19(16,17)13-10(15)8-4-18-6-12-8/h3-7H,1-2H3,(H,13,15). The summed E-state index contributed by atoms with van der Waals surface area (Å²) in [5.41, 5.74) is -0.119. The van der Waals surface area contributed by atoms with E-state index in [2.05, 4.69) is 14.4 Å². The Balaban J connectivity index is 2.20. The van der Waals surface area contributed by atoms with Gasteiger partial charge in [0.05, 0.1) is 6.33 Å². The minimum Gasteiger partial charge on any atom is -0.451 e. The van der Waals surface area contributed by atoms with E-state index in [0.29, 0.717) is 0 Å². The quantitative estimate of drug-likeness (QED) is 0.879. The van der Waals surface area contributed by atoms with Crippen molar-refractivity contribution < 1.29 is 17.6 Å². The van der Waals surface area contributed by atoms with Crippen molar-refractivity contribution in [2.45, 2.75) is 24.9 Å². The summed E-state index contributed by atoms with van der Waals surface area (Å²) in [5, 5.41) is -0.224. The number of amides is 1. The van der Waals surface area contributed by atoms with Crippen molar-refractivity contribution in [2.75, 3.05) is 0 Å². The van der Waals surface area contributed by atoms with Crippen LogP contribution in [-0.4, -0.2) is 28.9 Å². The van der Waals surface area contributed by atoms with Crippen LogP contribution in [0, 0.1) is 0 Å². The molecule has 1 N–H and O–H groups in total. The smallest absolute Gasteiger partial charge is 0.286 e. The number of rotatable bonds is 4. The lowest BCUT2D eigenvalue weighted by Crippen LogP contribution is -2.31. The average molecular weight is 284 g/mol. The summed E-state index contributed by atoms with van der Waals surface area (Å²) in [6.45, 7) is 3.76. The van der Waals surface area contributed by atoms with Crippen LogP contribution in [0.1, 0.15) is 30.4 Å². The van der Waals surface area contributed by atoms with Gasteiger partial charge in [0.2, 0.25) is 0 Å².